The Morgan fingerprint density at radius 2 is 2.33 bits per heavy atom. The van der Waals surface area contributed by atoms with Crippen molar-refractivity contribution in [3.8, 4) is 6.07 Å². The van der Waals surface area contributed by atoms with Crippen molar-refractivity contribution in [3.63, 3.8) is 0 Å². The number of fused-ring (bicyclic) bond motifs is 1. The van der Waals surface area contributed by atoms with Gasteiger partial charge in [-0.2, -0.15) is 5.26 Å². The zero-order valence-corrected chi connectivity index (χ0v) is 11.4. The van der Waals surface area contributed by atoms with Crippen LogP contribution in [0.4, 0.5) is 0 Å². The highest BCUT2D eigenvalue weighted by Gasteiger charge is 2.12. The lowest BCUT2D eigenvalue weighted by Crippen LogP contribution is -2.32. The number of nitrogens with one attached hydrogen (secondary N) is 2. The van der Waals surface area contributed by atoms with E-state index < -0.39 is 0 Å². The van der Waals surface area contributed by atoms with Crippen molar-refractivity contribution in [2.45, 2.75) is 19.4 Å². The van der Waals surface area contributed by atoms with Crippen LogP contribution >= 0.6 is 15.9 Å². The summed E-state index contributed by atoms with van der Waals surface area (Å²) in [5, 5.41) is 12.3. The predicted molar refractivity (Wildman–Crippen MR) is 73.2 cm³/mol. The minimum atomic E-state index is -0.190. The van der Waals surface area contributed by atoms with Crippen molar-refractivity contribution in [1.29, 1.82) is 5.26 Å². The number of aromatic amines is 1. The van der Waals surface area contributed by atoms with Crippen molar-refractivity contribution in [2.75, 3.05) is 0 Å². The van der Waals surface area contributed by atoms with Crippen LogP contribution in [0.3, 0.4) is 0 Å². The second kappa shape index (κ2) is 5.23. The van der Waals surface area contributed by atoms with Crippen molar-refractivity contribution in [1.82, 2.24) is 10.3 Å². The number of H-pyrrole nitrogens is 1. The number of benzene rings is 1. The van der Waals surface area contributed by atoms with Gasteiger partial charge in [-0.25, -0.2) is 0 Å². The summed E-state index contributed by atoms with van der Waals surface area (Å²) in [4.78, 5) is 15.0. The van der Waals surface area contributed by atoms with E-state index in [0.29, 0.717) is 12.1 Å². The Morgan fingerprint density at radius 3 is 3.06 bits per heavy atom. The largest absolute Gasteiger partial charge is 0.350 e. The molecule has 0 saturated carbocycles. The number of halogens is 1. The maximum absolute atomic E-state index is 11.9. The fourth-order valence-electron chi connectivity index (χ4n) is 1.71. The average molecular weight is 306 g/mol. The van der Waals surface area contributed by atoms with E-state index in [0.717, 1.165) is 15.4 Å². The zero-order valence-electron chi connectivity index (χ0n) is 9.83. The first-order chi connectivity index (χ1) is 8.60. The number of carbonyl (C=O) groups excluding carboxylic acids is 1. The molecule has 0 aliphatic heterocycles. The normalized spacial score (nSPS) is 12.1. The molecule has 92 valence electrons. The van der Waals surface area contributed by atoms with Gasteiger partial charge in [0.15, 0.2) is 0 Å². The number of carbonyl (C=O) groups is 1. The first-order valence-corrected chi connectivity index (χ1v) is 6.35. The van der Waals surface area contributed by atoms with Crippen LogP contribution in [0, 0.1) is 11.3 Å². The van der Waals surface area contributed by atoms with E-state index in [1.54, 1.807) is 13.0 Å². The molecule has 2 rings (SSSR count). The molecule has 0 bridgehead atoms. The number of amides is 1. The second-order valence-electron chi connectivity index (χ2n) is 4.15. The standard InChI is InChI=1S/C13H12BrN3O/c1-8(4-5-15)16-13(18)12-6-9-2-3-10(14)7-11(9)17-12/h2-3,6-8,17H,4H2,1H3,(H,16,18). The number of hydrogen-bond donors (Lipinski definition) is 2. The highest BCUT2D eigenvalue weighted by atomic mass is 79.9. The maximum atomic E-state index is 11.9. The van der Waals surface area contributed by atoms with Crippen molar-refractivity contribution < 1.29 is 4.79 Å². The van der Waals surface area contributed by atoms with Crippen LogP contribution in [0.15, 0.2) is 28.7 Å². The molecule has 0 saturated heterocycles. The molecule has 2 N–H and O–H groups in total. The number of rotatable bonds is 3. The van der Waals surface area contributed by atoms with E-state index in [-0.39, 0.29) is 11.9 Å². The molecule has 0 aliphatic carbocycles. The highest BCUT2D eigenvalue weighted by Crippen LogP contribution is 2.20. The highest BCUT2D eigenvalue weighted by molar-refractivity contribution is 9.10. The van der Waals surface area contributed by atoms with Crippen molar-refractivity contribution >= 4 is 32.7 Å². The number of hydrogen-bond acceptors (Lipinski definition) is 2. The first-order valence-electron chi connectivity index (χ1n) is 5.56. The van der Waals surface area contributed by atoms with E-state index in [1.807, 2.05) is 24.3 Å². The molecular weight excluding hydrogens is 294 g/mol. The van der Waals surface area contributed by atoms with E-state index in [4.69, 9.17) is 5.26 Å². The summed E-state index contributed by atoms with van der Waals surface area (Å²) in [6.07, 6.45) is 0.303. The first kappa shape index (κ1) is 12.7. The Bertz CT molecular complexity index is 627. The quantitative estimate of drug-likeness (QED) is 0.915. The molecule has 0 aliphatic rings. The van der Waals surface area contributed by atoms with Gasteiger partial charge < -0.3 is 10.3 Å². The molecule has 5 heteroatoms. The molecule has 18 heavy (non-hydrogen) atoms. The molecule has 1 heterocycles. The number of nitrogens with zero attached hydrogens (tertiary/aromatic N) is 1. The van der Waals surface area contributed by atoms with Gasteiger partial charge in [0.2, 0.25) is 0 Å². The van der Waals surface area contributed by atoms with E-state index >= 15 is 0 Å². The fraction of sp³-hybridized carbons (Fsp3) is 0.231. The van der Waals surface area contributed by atoms with Gasteiger partial charge in [-0.3, -0.25) is 4.79 Å². The van der Waals surface area contributed by atoms with Crippen molar-refractivity contribution in [2.24, 2.45) is 0 Å². The van der Waals surface area contributed by atoms with Gasteiger partial charge in [0.25, 0.3) is 5.91 Å². The molecule has 0 spiro atoms. The van der Waals surface area contributed by atoms with Crippen LogP contribution in [0.25, 0.3) is 10.9 Å². The Hall–Kier alpha value is -1.80. The van der Waals surface area contributed by atoms with E-state index in [1.165, 1.54) is 0 Å². The van der Waals surface area contributed by atoms with E-state index in [9.17, 15) is 4.79 Å². The third-order valence-corrected chi connectivity index (χ3v) is 3.10. The molecule has 1 aromatic heterocycles. The molecule has 2 aromatic rings. The van der Waals surface area contributed by atoms with Crippen LogP contribution in [0.5, 0.6) is 0 Å². The van der Waals surface area contributed by atoms with Gasteiger partial charge >= 0.3 is 0 Å². The zero-order chi connectivity index (χ0) is 13.1. The summed E-state index contributed by atoms with van der Waals surface area (Å²) in [5.41, 5.74) is 1.41. The van der Waals surface area contributed by atoms with Gasteiger partial charge in [0, 0.05) is 21.4 Å². The molecule has 0 radical (unpaired) electrons. The third kappa shape index (κ3) is 2.71. The lowest BCUT2D eigenvalue weighted by atomic mass is 10.2. The molecular formula is C13H12BrN3O. The summed E-state index contributed by atoms with van der Waals surface area (Å²) in [6, 6.07) is 9.46. The van der Waals surface area contributed by atoms with Gasteiger partial charge in [0.05, 0.1) is 12.5 Å². The Kier molecular flexibility index (Phi) is 3.68. The number of nitriles is 1. The minimum Gasteiger partial charge on any atom is -0.350 e. The number of aromatic nitrogens is 1. The SMILES string of the molecule is CC(CC#N)NC(=O)c1cc2ccc(Br)cc2[nH]1. The fourth-order valence-corrected chi connectivity index (χ4v) is 2.07. The average Bonchev–Trinajstić information content (AvgIpc) is 2.72. The molecule has 1 amide bonds. The van der Waals surface area contributed by atoms with Crippen LogP contribution in [0.1, 0.15) is 23.8 Å². The lowest BCUT2D eigenvalue weighted by Gasteiger charge is -2.08. The van der Waals surface area contributed by atoms with E-state index in [2.05, 4.69) is 26.2 Å². The summed E-state index contributed by atoms with van der Waals surface area (Å²) in [5.74, 6) is -0.190. The van der Waals surface area contributed by atoms with Crippen LogP contribution in [0.2, 0.25) is 0 Å². The Labute approximate surface area is 113 Å². The van der Waals surface area contributed by atoms with Crippen LogP contribution < -0.4 is 5.32 Å². The lowest BCUT2D eigenvalue weighted by molar-refractivity contribution is 0.0936. The van der Waals surface area contributed by atoms with Gasteiger partial charge in [-0.15, -0.1) is 0 Å². The second-order valence-corrected chi connectivity index (χ2v) is 5.07. The maximum Gasteiger partial charge on any atom is 0.267 e. The minimum absolute atomic E-state index is 0.152. The molecule has 4 nitrogen and oxygen atoms in total. The summed E-state index contributed by atoms with van der Waals surface area (Å²) in [7, 11) is 0. The summed E-state index contributed by atoms with van der Waals surface area (Å²) >= 11 is 3.38. The Morgan fingerprint density at radius 1 is 1.56 bits per heavy atom. The molecule has 1 aromatic carbocycles. The monoisotopic (exact) mass is 305 g/mol. The van der Waals surface area contributed by atoms with Crippen LogP contribution in [-0.4, -0.2) is 16.9 Å². The topological polar surface area (TPSA) is 68.7 Å². The summed E-state index contributed by atoms with van der Waals surface area (Å²) < 4.78 is 0.960. The molecule has 1 unspecified atom stereocenters. The van der Waals surface area contributed by atoms with Crippen LogP contribution in [-0.2, 0) is 0 Å². The summed E-state index contributed by atoms with van der Waals surface area (Å²) in [6.45, 7) is 1.81. The molecule has 1 atom stereocenters. The van der Waals surface area contributed by atoms with Gasteiger partial charge in [-0.1, -0.05) is 22.0 Å². The smallest absolute Gasteiger partial charge is 0.267 e. The van der Waals surface area contributed by atoms with Gasteiger partial charge in [0.1, 0.15) is 5.69 Å². The third-order valence-electron chi connectivity index (χ3n) is 2.60. The predicted octanol–water partition coefficient (Wildman–Crippen LogP) is 2.96. The van der Waals surface area contributed by atoms with Gasteiger partial charge in [-0.05, 0) is 25.1 Å². The Balaban J connectivity index is 2.21. The molecule has 0 fully saturated rings. The van der Waals surface area contributed by atoms with Crippen molar-refractivity contribution in [3.05, 3.63) is 34.4 Å².